The Hall–Kier alpha value is -3.00. The Morgan fingerprint density at radius 1 is 0.788 bits per heavy atom. The molecular formula is C29H29O3P. The summed E-state index contributed by atoms with van der Waals surface area (Å²) in [6, 6.07) is 21.9. The molecule has 168 valence electrons. The van der Waals surface area contributed by atoms with Gasteiger partial charge in [0.1, 0.15) is 11.0 Å². The molecule has 3 aromatic carbocycles. The summed E-state index contributed by atoms with van der Waals surface area (Å²) in [5, 5.41) is 12.6. The fourth-order valence-electron chi connectivity index (χ4n) is 4.78. The first kappa shape index (κ1) is 23.2. The lowest BCUT2D eigenvalue weighted by molar-refractivity contribution is -0.121. The highest BCUT2D eigenvalue weighted by Gasteiger charge is 2.58. The number of rotatable bonds is 5. The number of hydrogen-bond donors (Lipinski definition) is 1. The summed E-state index contributed by atoms with van der Waals surface area (Å²) in [6.07, 6.45) is 6.80. The molecule has 3 atom stereocenters. The molecule has 1 N–H and O–H groups in total. The second-order valence-corrected chi connectivity index (χ2v) is 11.6. The number of hydrogen-bond acceptors (Lipinski definition) is 3. The Labute approximate surface area is 195 Å². The van der Waals surface area contributed by atoms with Crippen LogP contribution in [0.25, 0.3) is 0 Å². The molecule has 4 heteroatoms. The average Bonchev–Trinajstić information content (AvgIpc) is 2.83. The van der Waals surface area contributed by atoms with Gasteiger partial charge in [0, 0.05) is 10.6 Å². The summed E-state index contributed by atoms with van der Waals surface area (Å²) in [5.41, 5.74) is -0.0429. The van der Waals surface area contributed by atoms with Crippen molar-refractivity contribution in [2.45, 2.75) is 38.7 Å². The average molecular weight is 457 g/mol. The standard InChI is InChI=1S/C29H29O3P/c1-21-17-18-26(23(3)22(21)2)33(32,25-15-9-6-10-16-25)27(30)29(24-13-7-5-8-14-24)20-12-11-19-28(29,4)31/h5-20,31H,1-4H3. The summed E-state index contributed by atoms with van der Waals surface area (Å²) in [4.78, 5) is 14.8. The van der Waals surface area contributed by atoms with Crippen molar-refractivity contribution < 1.29 is 14.5 Å². The summed E-state index contributed by atoms with van der Waals surface area (Å²) < 4.78 is 15.2. The van der Waals surface area contributed by atoms with E-state index in [9.17, 15) is 9.90 Å². The highest BCUT2D eigenvalue weighted by molar-refractivity contribution is 7.93. The van der Waals surface area contributed by atoms with Crippen molar-refractivity contribution in [1.29, 1.82) is 0 Å². The zero-order valence-electron chi connectivity index (χ0n) is 19.4. The highest BCUT2D eigenvalue weighted by Crippen LogP contribution is 2.56. The molecular weight excluding hydrogens is 427 g/mol. The lowest BCUT2D eigenvalue weighted by Crippen LogP contribution is -2.55. The van der Waals surface area contributed by atoms with Crippen LogP contribution in [0.5, 0.6) is 0 Å². The quantitative estimate of drug-likeness (QED) is 0.533. The molecule has 0 aromatic heterocycles. The second kappa shape index (κ2) is 8.41. The fourth-order valence-corrected chi connectivity index (χ4v) is 7.95. The summed E-state index contributed by atoms with van der Waals surface area (Å²) >= 11 is 0. The van der Waals surface area contributed by atoms with Gasteiger partial charge in [0.2, 0.25) is 12.7 Å². The van der Waals surface area contributed by atoms with E-state index in [1.54, 1.807) is 55.5 Å². The summed E-state index contributed by atoms with van der Waals surface area (Å²) in [6.45, 7) is 7.53. The van der Waals surface area contributed by atoms with Crippen LogP contribution in [-0.4, -0.2) is 16.2 Å². The van der Waals surface area contributed by atoms with Gasteiger partial charge in [-0.1, -0.05) is 97.1 Å². The monoisotopic (exact) mass is 456 g/mol. The number of carbonyl (C=O) groups is 1. The summed E-state index contributed by atoms with van der Waals surface area (Å²) in [7, 11) is -3.86. The van der Waals surface area contributed by atoms with Gasteiger partial charge in [-0.05, 0) is 49.9 Å². The van der Waals surface area contributed by atoms with E-state index in [2.05, 4.69) is 0 Å². The van der Waals surface area contributed by atoms with Gasteiger partial charge in [-0.3, -0.25) is 4.79 Å². The molecule has 3 nitrogen and oxygen atoms in total. The Morgan fingerprint density at radius 2 is 1.36 bits per heavy atom. The first-order chi connectivity index (χ1) is 15.7. The van der Waals surface area contributed by atoms with Crippen LogP contribution in [0, 0.1) is 20.8 Å². The van der Waals surface area contributed by atoms with Crippen molar-refractivity contribution in [3.05, 3.63) is 119 Å². The van der Waals surface area contributed by atoms with Crippen molar-refractivity contribution in [2.75, 3.05) is 0 Å². The van der Waals surface area contributed by atoms with Crippen molar-refractivity contribution in [2.24, 2.45) is 0 Å². The van der Waals surface area contributed by atoms with Crippen molar-refractivity contribution in [3.8, 4) is 0 Å². The zero-order valence-corrected chi connectivity index (χ0v) is 20.3. The maximum atomic E-state index is 15.2. The van der Waals surface area contributed by atoms with Crippen LogP contribution >= 0.6 is 7.14 Å². The fraction of sp³-hybridized carbons (Fsp3) is 0.207. The predicted molar refractivity (Wildman–Crippen MR) is 136 cm³/mol. The largest absolute Gasteiger partial charge is 0.384 e. The minimum absolute atomic E-state index is 0.468. The predicted octanol–water partition coefficient (Wildman–Crippen LogP) is 5.27. The SMILES string of the molecule is Cc1ccc(P(=O)(C(=O)C2(c3ccccc3)C=CC=CC2(C)O)c2ccccc2)c(C)c1C. The molecule has 0 saturated heterocycles. The van der Waals surface area contributed by atoms with Gasteiger partial charge in [0.05, 0.1) is 0 Å². The van der Waals surface area contributed by atoms with Crippen LogP contribution in [0.1, 0.15) is 29.2 Å². The van der Waals surface area contributed by atoms with E-state index >= 15 is 4.57 Å². The molecule has 3 aromatic rings. The maximum absolute atomic E-state index is 15.2. The van der Waals surface area contributed by atoms with Gasteiger partial charge in [-0.15, -0.1) is 0 Å². The Balaban J connectivity index is 2.09. The molecule has 1 aliphatic carbocycles. The number of aryl methyl sites for hydroxylation is 1. The van der Waals surface area contributed by atoms with E-state index in [4.69, 9.17) is 0 Å². The van der Waals surface area contributed by atoms with Crippen LogP contribution in [0.4, 0.5) is 0 Å². The minimum atomic E-state index is -3.86. The van der Waals surface area contributed by atoms with Crippen LogP contribution in [0.3, 0.4) is 0 Å². The van der Waals surface area contributed by atoms with Gasteiger partial charge in [-0.25, -0.2) is 0 Å². The van der Waals surface area contributed by atoms with E-state index in [1.807, 2.05) is 69.3 Å². The third kappa shape index (κ3) is 3.47. The Kier molecular flexibility index (Phi) is 5.90. The van der Waals surface area contributed by atoms with Crippen molar-refractivity contribution in [1.82, 2.24) is 0 Å². The van der Waals surface area contributed by atoms with E-state index in [1.165, 1.54) is 0 Å². The lowest BCUT2D eigenvalue weighted by atomic mass is 9.66. The minimum Gasteiger partial charge on any atom is -0.384 e. The number of aliphatic hydroxyl groups is 1. The van der Waals surface area contributed by atoms with Crippen LogP contribution < -0.4 is 10.6 Å². The van der Waals surface area contributed by atoms with E-state index < -0.39 is 23.7 Å². The van der Waals surface area contributed by atoms with Gasteiger partial charge >= 0.3 is 0 Å². The van der Waals surface area contributed by atoms with Crippen LogP contribution in [-0.2, 0) is 14.8 Å². The molecule has 0 heterocycles. The zero-order chi connectivity index (χ0) is 23.9. The van der Waals surface area contributed by atoms with Crippen molar-refractivity contribution in [3.63, 3.8) is 0 Å². The smallest absolute Gasteiger partial charge is 0.217 e. The molecule has 0 bridgehead atoms. The molecule has 4 rings (SSSR count). The summed E-state index contributed by atoms with van der Waals surface area (Å²) in [5.74, 6) is 0. The molecule has 3 unspecified atom stereocenters. The van der Waals surface area contributed by atoms with E-state index in [-0.39, 0.29) is 0 Å². The maximum Gasteiger partial charge on any atom is 0.217 e. The molecule has 1 aliphatic rings. The van der Waals surface area contributed by atoms with Gasteiger partial charge < -0.3 is 9.67 Å². The second-order valence-electron chi connectivity index (χ2n) is 8.94. The third-order valence-corrected chi connectivity index (χ3v) is 10.1. The van der Waals surface area contributed by atoms with Gasteiger partial charge in [0.25, 0.3) is 0 Å². The highest BCUT2D eigenvalue weighted by atomic mass is 31.2. The number of carbonyl (C=O) groups excluding carboxylic acids is 1. The van der Waals surface area contributed by atoms with Crippen LogP contribution in [0.15, 0.2) is 97.1 Å². The Morgan fingerprint density at radius 3 is 1.97 bits per heavy atom. The topological polar surface area (TPSA) is 54.4 Å². The van der Waals surface area contributed by atoms with Crippen molar-refractivity contribution >= 4 is 23.3 Å². The molecule has 0 amide bonds. The first-order valence-corrected chi connectivity index (χ1v) is 12.8. The number of allylic oxidation sites excluding steroid dienone is 2. The molecule has 0 spiro atoms. The number of benzene rings is 3. The lowest BCUT2D eigenvalue weighted by Gasteiger charge is -2.44. The molecule has 0 radical (unpaired) electrons. The third-order valence-electron chi connectivity index (χ3n) is 7.02. The molecule has 0 aliphatic heterocycles. The normalized spacial score (nSPS) is 23.8. The van der Waals surface area contributed by atoms with E-state index in [0.29, 0.717) is 16.2 Å². The van der Waals surface area contributed by atoms with E-state index in [0.717, 1.165) is 16.7 Å². The van der Waals surface area contributed by atoms with Gasteiger partial charge in [0.15, 0.2) is 0 Å². The Bertz CT molecular complexity index is 1300. The van der Waals surface area contributed by atoms with Gasteiger partial charge in [-0.2, -0.15) is 0 Å². The molecule has 0 saturated carbocycles. The molecule has 33 heavy (non-hydrogen) atoms. The molecule has 0 fully saturated rings. The first-order valence-electron chi connectivity index (χ1n) is 11.1. The van der Waals surface area contributed by atoms with Crippen LogP contribution in [0.2, 0.25) is 0 Å².